The number of hydrogen-bond donors (Lipinski definition) is 1. The van der Waals surface area contributed by atoms with Gasteiger partial charge in [-0.3, -0.25) is 10.1 Å². The number of rotatable bonds is 2. The van der Waals surface area contributed by atoms with Crippen molar-refractivity contribution in [1.29, 1.82) is 0 Å². The standard InChI is InChI=1S/C10H11N3O2/c14-13(15)9-1-2-10(12-7-9)8-3-5-11-6-4-8/h1-3,7,11H,4-6H2. The number of nitro groups is 1. The van der Waals surface area contributed by atoms with Gasteiger partial charge in [-0.05, 0) is 24.6 Å². The molecule has 15 heavy (non-hydrogen) atoms. The summed E-state index contributed by atoms with van der Waals surface area (Å²) in [6.45, 7) is 1.78. The number of pyridine rings is 1. The van der Waals surface area contributed by atoms with Crippen molar-refractivity contribution in [3.63, 3.8) is 0 Å². The molecule has 0 saturated carbocycles. The molecular formula is C10H11N3O2. The fraction of sp³-hybridized carbons (Fsp3) is 0.300. The Morgan fingerprint density at radius 2 is 2.33 bits per heavy atom. The quantitative estimate of drug-likeness (QED) is 0.584. The van der Waals surface area contributed by atoms with Crippen LogP contribution in [0.25, 0.3) is 5.57 Å². The second-order valence-electron chi connectivity index (χ2n) is 3.34. The molecule has 78 valence electrons. The monoisotopic (exact) mass is 205 g/mol. The molecular weight excluding hydrogens is 194 g/mol. The maximum absolute atomic E-state index is 10.4. The summed E-state index contributed by atoms with van der Waals surface area (Å²) in [7, 11) is 0. The molecule has 5 heteroatoms. The summed E-state index contributed by atoms with van der Waals surface area (Å²) in [5.74, 6) is 0. The van der Waals surface area contributed by atoms with Gasteiger partial charge in [-0.2, -0.15) is 0 Å². The summed E-state index contributed by atoms with van der Waals surface area (Å²) in [5, 5.41) is 13.6. The van der Waals surface area contributed by atoms with E-state index in [0.717, 1.165) is 30.8 Å². The van der Waals surface area contributed by atoms with Gasteiger partial charge in [0.15, 0.2) is 0 Å². The molecule has 0 fully saturated rings. The number of nitrogens with one attached hydrogen (secondary N) is 1. The Bertz CT molecular complexity index is 398. The van der Waals surface area contributed by atoms with Crippen LogP contribution in [0.5, 0.6) is 0 Å². The maximum atomic E-state index is 10.4. The van der Waals surface area contributed by atoms with Crippen molar-refractivity contribution in [2.75, 3.05) is 13.1 Å². The Morgan fingerprint density at radius 3 is 2.87 bits per heavy atom. The van der Waals surface area contributed by atoms with Crippen molar-refractivity contribution in [1.82, 2.24) is 10.3 Å². The van der Waals surface area contributed by atoms with Gasteiger partial charge < -0.3 is 5.32 Å². The van der Waals surface area contributed by atoms with Crippen LogP contribution >= 0.6 is 0 Å². The van der Waals surface area contributed by atoms with Crippen LogP contribution in [0, 0.1) is 10.1 Å². The van der Waals surface area contributed by atoms with Gasteiger partial charge >= 0.3 is 0 Å². The largest absolute Gasteiger partial charge is 0.313 e. The summed E-state index contributed by atoms with van der Waals surface area (Å²) in [4.78, 5) is 14.1. The summed E-state index contributed by atoms with van der Waals surface area (Å²) in [6, 6.07) is 3.19. The van der Waals surface area contributed by atoms with Crippen LogP contribution in [-0.4, -0.2) is 23.0 Å². The molecule has 0 spiro atoms. The Morgan fingerprint density at radius 1 is 1.47 bits per heavy atom. The van der Waals surface area contributed by atoms with Crippen LogP contribution in [0.15, 0.2) is 24.4 Å². The van der Waals surface area contributed by atoms with Crippen molar-refractivity contribution < 1.29 is 4.92 Å². The van der Waals surface area contributed by atoms with Crippen molar-refractivity contribution in [3.05, 3.63) is 40.2 Å². The van der Waals surface area contributed by atoms with E-state index in [1.54, 1.807) is 6.07 Å². The minimum Gasteiger partial charge on any atom is -0.313 e. The zero-order valence-electron chi connectivity index (χ0n) is 8.14. The van der Waals surface area contributed by atoms with Gasteiger partial charge in [0, 0.05) is 12.6 Å². The highest BCUT2D eigenvalue weighted by atomic mass is 16.6. The molecule has 2 rings (SSSR count). The maximum Gasteiger partial charge on any atom is 0.287 e. The molecule has 1 aromatic rings. The lowest BCUT2D eigenvalue weighted by Gasteiger charge is -2.12. The van der Waals surface area contributed by atoms with Crippen LogP contribution in [0.4, 0.5) is 5.69 Å². The van der Waals surface area contributed by atoms with Crippen LogP contribution in [0.3, 0.4) is 0 Å². The van der Waals surface area contributed by atoms with Crippen molar-refractivity contribution in [2.24, 2.45) is 0 Å². The van der Waals surface area contributed by atoms with E-state index in [9.17, 15) is 10.1 Å². The third-order valence-electron chi connectivity index (χ3n) is 2.35. The molecule has 0 atom stereocenters. The first kappa shape index (κ1) is 9.79. The van der Waals surface area contributed by atoms with Crippen LogP contribution in [0.2, 0.25) is 0 Å². The van der Waals surface area contributed by atoms with E-state index in [4.69, 9.17) is 0 Å². The molecule has 0 aliphatic carbocycles. The molecule has 5 nitrogen and oxygen atoms in total. The smallest absolute Gasteiger partial charge is 0.287 e. The van der Waals surface area contributed by atoms with Gasteiger partial charge in [-0.1, -0.05) is 6.08 Å². The molecule has 0 amide bonds. The van der Waals surface area contributed by atoms with E-state index in [0.29, 0.717) is 0 Å². The predicted molar refractivity (Wildman–Crippen MR) is 56.4 cm³/mol. The normalized spacial score (nSPS) is 15.9. The first-order valence-electron chi connectivity index (χ1n) is 4.78. The van der Waals surface area contributed by atoms with Gasteiger partial charge in [0.25, 0.3) is 5.69 Å². The number of nitrogens with zero attached hydrogens (tertiary/aromatic N) is 2. The highest BCUT2D eigenvalue weighted by Gasteiger charge is 2.09. The lowest BCUT2D eigenvalue weighted by molar-refractivity contribution is -0.385. The van der Waals surface area contributed by atoms with Gasteiger partial charge in [0.05, 0.1) is 10.6 Å². The van der Waals surface area contributed by atoms with Gasteiger partial charge in [-0.25, -0.2) is 4.98 Å². The average molecular weight is 205 g/mol. The van der Waals surface area contributed by atoms with E-state index in [1.165, 1.54) is 12.3 Å². The van der Waals surface area contributed by atoms with Gasteiger partial charge in [0.2, 0.25) is 0 Å². The van der Waals surface area contributed by atoms with E-state index in [2.05, 4.69) is 16.4 Å². The fourth-order valence-electron chi connectivity index (χ4n) is 1.54. The summed E-state index contributed by atoms with van der Waals surface area (Å²) in [5.41, 5.74) is 2.03. The Hall–Kier alpha value is -1.75. The van der Waals surface area contributed by atoms with E-state index in [-0.39, 0.29) is 5.69 Å². The SMILES string of the molecule is O=[N+]([O-])c1ccc(C2=CCNCC2)nc1. The molecule has 1 aliphatic rings. The first-order chi connectivity index (χ1) is 7.27. The number of hydrogen-bond acceptors (Lipinski definition) is 4. The summed E-state index contributed by atoms with van der Waals surface area (Å²) in [6.07, 6.45) is 4.29. The minimum absolute atomic E-state index is 0.0354. The zero-order chi connectivity index (χ0) is 10.7. The molecule has 1 N–H and O–H groups in total. The zero-order valence-corrected chi connectivity index (χ0v) is 8.14. The fourth-order valence-corrected chi connectivity index (χ4v) is 1.54. The van der Waals surface area contributed by atoms with E-state index >= 15 is 0 Å². The molecule has 0 bridgehead atoms. The van der Waals surface area contributed by atoms with Crippen molar-refractivity contribution in [3.8, 4) is 0 Å². The summed E-state index contributed by atoms with van der Waals surface area (Å²) < 4.78 is 0. The first-order valence-corrected chi connectivity index (χ1v) is 4.78. The number of aromatic nitrogens is 1. The highest BCUT2D eigenvalue weighted by molar-refractivity contribution is 5.64. The Labute approximate surface area is 87.0 Å². The van der Waals surface area contributed by atoms with Gasteiger partial charge in [0.1, 0.15) is 6.20 Å². The molecule has 1 aromatic heterocycles. The third-order valence-corrected chi connectivity index (χ3v) is 2.35. The lowest BCUT2D eigenvalue weighted by Crippen LogP contribution is -2.20. The van der Waals surface area contributed by atoms with E-state index < -0.39 is 4.92 Å². The predicted octanol–water partition coefficient (Wildman–Crippen LogP) is 1.37. The Balaban J connectivity index is 2.23. The molecule has 0 unspecified atom stereocenters. The van der Waals surface area contributed by atoms with Crippen molar-refractivity contribution in [2.45, 2.75) is 6.42 Å². The third kappa shape index (κ3) is 2.19. The molecule has 0 radical (unpaired) electrons. The van der Waals surface area contributed by atoms with Crippen LogP contribution in [-0.2, 0) is 0 Å². The molecule has 1 aliphatic heterocycles. The van der Waals surface area contributed by atoms with E-state index in [1.807, 2.05) is 0 Å². The topological polar surface area (TPSA) is 68.1 Å². The van der Waals surface area contributed by atoms with Crippen molar-refractivity contribution >= 4 is 11.3 Å². The summed E-state index contributed by atoms with van der Waals surface area (Å²) >= 11 is 0. The second kappa shape index (κ2) is 4.18. The molecule has 0 aromatic carbocycles. The minimum atomic E-state index is -0.437. The second-order valence-corrected chi connectivity index (χ2v) is 3.34. The lowest BCUT2D eigenvalue weighted by atomic mass is 10.1. The molecule has 0 saturated heterocycles. The van der Waals surface area contributed by atoms with Crippen LogP contribution in [0.1, 0.15) is 12.1 Å². The average Bonchev–Trinajstić information content (AvgIpc) is 2.30. The van der Waals surface area contributed by atoms with Crippen LogP contribution < -0.4 is 5.32 Å². The highest BCUT2D eigenvalue weighted by Crippen LogP contribution is 2.19. The molecule has 2 heterocycles. The Kier molecular flexibility index (Phi) is 2.73. The van der Waals surface area contributed by atoms with Gasteiger partial charge in [-0.15, -0.1) is 0 Å².